The monoisotopic (exact) mass is 182 g/mol. The number of hydrogen-bond acceptors (Lipinski definition) is 1. The largest absolute Gasteiger partial charge is 0.335 e. The molecule has 2 fully saturated rings. The highest BCUT2D eigenvalue weighted by molar-refractivity contribution is 5.75. The Hall–Kier alpha value is -0.730. The van der Waals surface area contributed by atoms with Gasteiger partial charge >= 0.3 is 6.03 Å². The lowest BCUT2D eigenvalue weighted by Gasteiger charge is -2.30. The van der Waals surface area contributed by atoms with Crippen LogP contribution in [0.4, 0.5) is 4.79 Å². The number of urea groups is 1. The topological polar surface area (TPSA) is 32.3 Å². The molecule has 3 heteroatoms. The van der Waals surface area contributed by atoms with Gasteiger partial charge in [0.05, 0.1) is 0 Å². The summed E-state index contributed by atoms with van der Waals surface area (Å²) in [5, 5.41) is 3.08. The van der Waals surface area contributed by atoms with Crippen LogP contribution in [0.3, 0.4) is 0 Å². The van der Waals surface area contributed by atoms with E-state index in [0.717, 1.165) is 13.0 Å². The maximum absolute atomic E-state index is 11.7. The second-order valence-electron chi connectivity index (χ2n) is 4.26. The Kier molecular flexibility index (Phi) is 2.42. The minimum atomic E-state index is 0.162. The van der Waals surface area contributed by atoms with E-state index in [0.29, 0.717) is 12.1 Å². The standard InChI is InChI=1S/C10H18N2O/c1-8-4-3-7-12(8)10(13)11-9-5-2-6-9/h8-9H,2-7H2,1H3,(H,11,13). The fraction of sp³-hybridized carbons (Fsp3) is 0.900. The zero-order chi connectivity index (χ0) is 9.26. The minimum Gasteiger partial charge on any atom is -0.335 e. The Morgan fingerprint density at radius 1 is 1.31 bits per heavy atom. The molecular formula is C10H18N2O. The molecule has 0 radical (unpaired) electrons. The molecule has 74 valence electrons. The number of amides is 2. The molecule has 0 aromatic heterocycles. The number of carbonyl (C=O) groups excluding carboxylic acids is 1. The molecule has 0 bridgehead atoms. The summed E-state index contributed by atoms with van der Waals surface area (Å²) in [5.74, 6) is 0. The van der Waals surface area contributed by atoms with Gasteiger partial charge in [0.15, 0.2) is 0 Å². The highest BCUT2D eigenvalue weighted by atomic mass is 16.2. The molecular weight excluding hydrogens is 164 g/mol. The smallest absolute Gasteiger partial charge is 0.317 e. The van der Waals surface area contributed by atoms with Gasteiger partial charge < -0.3 is 10.2 Å². The van der Waals surface area contributed by atoms with Crippen LogP contribution in [0.25, 0.3) is 0 Å². The SMILES string of the molecule is CC1CCCN1C(=O)NC1CCC1. The molecule has 1 unspecified atom stereocenters. The Morgan fingerprint density at radius 3 is 2.54 bits per heavy atom. The number of nitrogens with zero attached hydrogens (tertiary/aromatic N) is 1. The number of nitrogens with one attached hydrogen (secondary N) is 1. The predicted molar refractivity (Wildman–Crippen MR) is 51.6 cm³/mol. The van der Waals surface area contributed by atoms with Crippen LogP contribution in [0.1, 0.15) is 39.0 Å². The number of rotatable bonds is 1. The van der Waals surface area contributed by atoms with Gasteiger partial charge in [0.2, 0.25) is 0 Å². The highest BCUT2D eigenvalue weighted by Crippen LogP contribution is 2.20. The summed E-state index contributed by atoms with van der Waals surface area (Å²) >= 11 is 0. The van der Waals surface area contributed by atoms with Gasteiger partial charge in [-0.1, -0.05) is 0 Å². The maximum Gasteiger partial charge on any atom is 0.317 e. The van der Waals surface area contributed by atoms with Crippen molar-refractivity contribution in [2.24, 2.45) is 0 Å². The predicted octanol–water partition coefficient (Wildman–Crippen LogP) is 1.73. The van der Waals surface area contributed by atoms with Crippen molar-refractivity contribution in [3.63, 3.8) is 0 Å². The fourth-order valence-corrected chi connectivity index (χ4v) is 2.05. The second-order valence-corrected chi connectivity index (χ2v) is 4.26. The first-order valence-corrected chi connectivity index (χ1v) is 5.34. The van der Waals surface area contributed by atoms with Gasteiger partial charge in [-0.3, -0.25) is 0 Å². The highest BCUT2D eigenvalue weighted by Gasteiger charge is 2.28. The van der Waals surface area contributed by atoms with E-state index in [9.17, 15) is 4.79 Å². The van der Waals surface area contributed by atoms with Crippen molar-refractivity contribution in [2.45, 2.75) is 51.1 Å². The number of carbonyl (C=O) groups is 1. The van der Waals surface area contributed by atoms with E-state index in [4.69, 9.17) is 0 Å². The molecule has 3 nitrogen and oxygen atoms in total. The summed E-state index contributed by atoms with van der Waals surface area (Å²) in [6, 6.07) is 1.08. The van der Waals surface area contributed by atoms with Crippen molar-refractivity contribution in [1.29, 1.82) is 0 Å². The molecule has 2 amide bonds. The number of hydrogen-bond donors (Lipinski definition) is 1. The van der Waals surface area contributed by atoms with Crippen LogP contribution in [0.2, 0.25) is 0 Å². The lowest BCUT2D eigenvalue weighted by atomic mass is 9.93. The van der Waals surface area contributed by atoms with Crippen molar-refractivity contribution < 1.29 is 4.79 Å². The first-order chi connectivity index (χ1) is 6.27. The van der Waals surface area contributed by atoms with Crippen molar-refractivity contribution in [2.75, 3.05) is 6.54 Å². The molecule has 13 heavy (non-hydrogen) atoms. The molecule has 0 spiro atoms. The summed E-state index contributed by atoms with van der Waals surface area (Å²) in [7, 11) is 0. The maximum atomic E-state index is 11.7. The first kappa shape index (κ1) is 8.85. The van der Waals surface area contributed by atoms with E-state index in [1.165, 1.54) is 25.7 Å². The van der Waals surface area contributed by atoms with Crippen LogP contribution in [-0.2, 0) is 0 Å². The van der Waals surface area contributed by atoms with Crippen molar-refractivity contribution >= 4 is 6.03 Å². The molecule has 1 aliphatic carbocycles. The summed E-state index contributed by atoms with van der Waals surface area (Å²) in [4.78, 5) is 13.6. The van der Waals surface area contributed by atoms with Gasteiger partial charge in [-0.05, 0) is 39.0 Å². The van der Waals surface area contributed by atoms with Gasteiger partial charge in [-0.2, -0.15) is 0 Å². The first-order valence-electron chi connectivity index (χ1n) is 5.34. The summed E-state index contributed by atoms with van der Waals surface area (Å²) < 4.78 is 0. The molecule has 1 aliphatic heterocycles. The molecule has 0 aromatic rings. The molecule has 1 atom stereocenters. The van der Waals surface area contributed by atoms with Crippen LogP contribution in [-0.4, -0.2) is 29.6 Å². The van der Waals surface area contributed by atoms with Gasteiger partial charge in [0.1, 0.15) is 0 Å². The van der Waals surface area contributed by atoms with E-state index in [2.05, 4.69) is 12.2 Å². The zero-order valence-corrected chi connectivity index (χ0v) is 8.25. The quantitative estimate of drug-likeness (QED) is 0.658. The number of likely N-dealkylation sites (tertiary alicyclic amines) is 1. The molecule has 1 saturated carbocycles. The Labute approximate surface area is 79.5 Å². The van der Waals surface area contributed by atoms with Crippen molar-refractivity contribution in [3.8, 4) is 0 Å². The third-order valence-electron chi connectivity index (χ3n) is 3.25. The van der Waals surface area contributed by atoms with Gasteiger partial charge in [0.25, 0.3) is 0 Å². The third-order valence-corrected chi connectivity index (χ3v) is 3.25. The van der Waals surface area contributed by atoms with Crippen molar-refractivity contribution in [3.05, 3.63) is 0 Å². The third kappa shape index (κ3) is 1.79. The molecule has 2 rings (SSSR count). The Balaban J connectivity index is 1.81. The average molecular weight is 182 g/mol. The van der Waals surface area contributed by atoms with E-state index in [-0.39, 0.29) is 6.03 Å². The van der Waals surface area contributed by atoms with Gasteiger partial charge in [-0.25, -0.2) is 4.79 Å². The lowest BCUT2D eigenvalue weighted by molar-refractivity contribution is 0.184. The Bertz CT molecular complexity index is 201. The van der Waals surface area contributed by atoms with E-state index in [1.54, 1.807) is 0 Å². The molecule has 1 saturated heterocycles. The summed E-state index contributed by atoms with van der Waals surface area (Å²) in [6.45, 7) is 3.08. The molecule has 2 aliphatic rings. The Morgan fingerprint density at radius 2 is 2.08 bits per heavy atom. The molecule has 0 aromatic carbocycles. The molecule has 1 N–H and O–H groups in total. The van der Waals surface area contributed by atoms with E-state index >= 15 is 0 Å². The van der Waals surface area contributed by atoms with Crippen LogP contribution in [0.5, 0.6) is 0 Å². The van der Waals surface area contributed by atoms with Gasteiger partial charge in [0, 0.05) is 18.6 Å². The van der Waals surface area contributed by atoms with Crippen molar-refractivity contribution in [1.82, 2.24) is 10.2 Å². The fourth-order valence-electron chi connectivity index (χ4n) is 2.05. The zero-order valence-electron chi connectivity index (χ0n) is 8.25. The summed E-state index contributed by atoms with van der Waals surface area (Å²) in [5.41, 5.74) is 0. The minimum absolute atomic E-state index is 0.162. The average Bonchev–Trinajstić information content (AvgIpc) is 2.43. The normalized spacial score (nSPS) is 28.7. The summed E-state index contributed by atoms with van der Waals surface area (Å²) in [6.07, 6.45) is 5.96. The van der Waals surface area contributed by atoms with E-state index in [1.807, 2.05) is 4.90 Å². The van der Waals surface area contributed by atoms with Crippen LogP contribution in [0.15, 0.2) is 0 Å². The van der Waals surface area contributed by atoms with Crippen LogP contribution < -0.4 is 5.32 Å². The van der Waals surface area contributed by atoms with E-state index < -0.39 is 0 Å². The van der Waals surface area contributed by atoms with Crippen LogP contribution >= 0.6 is 0 Å². The van der Waals surface area contributed by atoms with Gasteiger partial charge in [-0.15, -0.1) is 0 Å². The molecule has 1 heterocycles. The second kappa shape index (κ2) is 3.56. The lowest BCUT2D eigenvalue weighted by Crippen LogP contribution is -2.48. The van der Waals surface area contributed by atoms with Crippen LogP contribution in [0, 0.1) is 0 Å².